The fourth-order valence-corrected chi connectivity index (χ4v) is 6.40. The molecule has 5 rings (SSSR count). The van der Waals surface area contributed by atoms with Crippen molar-refractivity contribution in [2.75, 3.05) is 39.3 Å². The number of hydrogen-bond acceptors (Lipinski definition) is 6. The van der Waals surface area contributed by atoms with Crippen LogP contribution in [0, 0.1) is 0 Å². The van der Waals surface area contributed by atoms with E-state index in [4.69, 9.17) is 4.74 Å². The first-order valence-electron chi connectivity index (χ1n) is 16.1. The molecule has 3 atom stereocenters. The minimum absolute atomic E-state index is 0.169. The van der Waals surface area contributed by atoms with Gasteiger partial charge in [-0.15, -0.1) is 0 Å². The van der Waals surface area contributed by atoms with Crippen LogP contribution in [0.4, 0.5) is 0 Å². The van der Waals surface area contributed by atoms with Crippen molar-refractivity contribution in [3.05, 3.63) is 65.7 Å². The number of ether oxygens (including phenoxy) is 1. The van der Waals surface area contributed by atoms with Gasteiger partial charge in [0.1, 0.15) is 24.4 Å². The SMILES string of the molecule is O=C1C[C@@H](C(=O)NCCCN2CCCCCC2)NC(=O)c2ccccc2OC[C@H]2CCCN2C(=O)[C@H](Cc2ccccc2)N1. The number of carbonyl (C=O) groups excluding carboxylic acids is 4. The fraction of sp³-hybridized carbons (Fsp3) is 0.529. The van der Waals surface area contributed by atoms with Gasteiger partial charge in [-0.05, 0) is 69.4 Å². The van der Waals surface area contributed by atoms with Gasteiger partial charge < -0.3 is 30.5 Å². The van der Waals surface area contributed by atoms with Crippen LogP contribution in [0.15, 0.2) is 54.6 Å². The predicted molar refractivity (Wildman–Crippen MR) is 167 cm³/mol. The molecule has 0 unspecified atom stereocenters. The molecule has 0 bridgehead atoms. The summed E-state index contributed by atoms with van der Waals surface area (Å²) in [4.78, 5) is 58.5. The predicted octanol–water partition coefficient (Wildman–Crippen LogP) is 2.67. The van der Waals surface area contributed by atoms with Gasteiger partial charge in [-0.3, -0.25) is 19.2 Å². The highest BCUT2D eigenvalue weighted by atomic mass is 16.5. The molecule has 2 aromatic rings. The van der Waals surface area contributed by atoms with Crippen LogP contribution >= 0.6 is 0 Å². The van der Waals surface area contributed by atoms with E-state index in [0.29, 0.717) is 25.3 Å². The number of carbonyl (C=O) groups is 4. The summed E-state index contributed by atoms with van der Waals surface area (Å²) in [5, 5.41) is 8.62. The summed E-state index contributed by atoms with van der Waals surface area (Å²) in [6.45, 7) is 4.28. The Bertz CT molecular complexity index is 1280. The molecule has 0 aliphatic carbocycles. The van der Waals surface area contributed by atoms with E-state index in [2.05, 4.69) is 20.9 Å². The quantitative estimate of drug-likeness (QED) is 0.419. The summed E-state index contributed by atoms with van der Waals surface area (Å²) in [6, 6.07) is 14.3. The summed E-state index contributed by atoms with van der Waals surface area (Å²) >= 11 is 0. The van der Waals surface area contributed by atoms with E-state index >= 15 is 0 Å². The van der Waals surface area contributed by atoms with Crippen molar-refractivity contribution in [1.29, 1.82) is 0 Å². The van der Waals surface area contributed by atoms with Crippen LogP contribution in [-0.4, -0.2) is 90.9 Å². The van der Waals surface area contributed by atoms with E-state index in [1.54, 1.807) is 29.2 Å². The first-order valence-corrected chi connectivity index (χ1v) is 16.1. The minimum atomic E-state index is -1.12. The molecular weight excluding hydrogens is 558 g/mol. The van der Waals surface area contributed by atoms with E-state index in [-0.39, 0.29) is 30.5 Å². The third-order valence-corrected chi connectivity index (χ3v) is 8.80. The number of para-hydroxylation sites is 1. The van der Waals surface area contributed by atoms with Gasteiger partial charge in [-0.1, -0.05) is 55.3 Å². The first-order chi connectivity index (χ1) is 21.5. The van der Waals surface area contributed by atoms with Gasteiger partial charge >= 0.3 is 0 Å². The molecule has 3 heterocycles. The maximum Gasteiger partial charge on any atom is 0.255 e. The monoisotopic (exact) mass is 603 g/mol. The van der Waals surface area contributed by atoms with E-state index in [1.807, 2.05) is 30.3 Å². The molecule has 3 aliphatic rings. The van der Waals surface area contributed by atoms with Crippen molar-refractivity contribution >= 4 is 23.6 Å². The molecule has 4 amide bonds. The highest BCUT2D eigenvalue weighted by Gasteiger charge is 2.36. The number of hydrogen-bond donors (Lipinski definition) is 3. The lowest BCUT2D eigenvalue weighted by molar-refractivity contribution is -0.138. The van der Waals surface area contributed by atoms with Crippen molar-refractivity contribution in [3.63, 3.8) is 0 Å². The zero-order chi connectivity index (χ0) is 30.7. The van der Waals surface area contributed by atoms with Gasteiger partial charge in [0.25, 0.3) is 5.91 Å². The van der Waals surface area contributed by atoms with Crippen molar-refractivity contribution in [2.24, 2.45) is 0 Å². The van der Waals surface area contributed by atoms with Crippen molar-refractivity contribution in [2.45, 2.75) is 75.9 Å². The van der Waals surface area contributed by atoms with Crippen LogP contribution in [-0.2, 0) is 20.8 Å². The topological polar surface area (TPSA) is 120 Å². The van der Waals surface area contributed by atoms with Gasteiger partial charge in [0, 0.05) is 19.5 Å². The van der Waals surface area contributed by atoms with Crippen molar-refractivity contribution in [1.82, 2.24) is 25.8 Å². The fourth-order valence-electron chi connectivity index (χ4n) is 6.40. The molecule has 2 fully saturated rings. The third-order valence-electron chi connectivity index (χ3n) is 8.80. The average Bonchev–Trinajstić information content (AvgIpc) is 3.35. The second-order valence-corrected chi connectivity index (χ2v) is 12.1. The highest BCUT2D eigenvalue weighted by Crippen LogP contribution is 2.24. The zero-order valence-electron chi connectivity index (χ0n) is 25.5. The van der Waals surface area contributed by atoms with Crippen LogP contribution < -0.4 is 20.7 Å². The number of rotatable bonds is 7. The summed E-state index contributed by atoms with van der Waals surface area (Å²) in [7, 11) is 0. The van der Waals surface area contributed by atoms with E-state index in [9.17, 15) is 19.2 Å². The summed E-state index contributed by atoms with van der Waals surface area (Å²) in [6.07, 6.45) is 7.33. The normalized spacial score (nSPS) is 23.7. The first kappa shape index (κ1) is 31.5. The zero-order valence-corrected chi connectivity index (χ0v) is 25.5. The lowest BCUT2D eigenvalue weighted by Crippen LogP contribution is -2.54. The lowest BCUT2D eigenvalue weighted by atomic mass is 10.0. The van der Waals surface area contributed by atoms with Crippen LogP contribution in [0.3, 0.4) is 0 Å². The molecule has 10 nitrogen and oxygen atoms in total. The maximum absolute atomic E-state index is 13.9. The summed E-state index contributed by atoms with van der Waals surface area (Å²) < 4.78 is 6.13. The Morgan fingerprint density at radius 2 is 1.64 bits per heavy atom. The molecule has 0 radical (unpaired) electrons. The van der Waals surface area contributed by atoms with E-state index in [0.717, 1.165) is 44.5 Å². The Hall–Kier alpha value is -3.92. The second kappa shape index (κ2) is 15.7. The standard InChI is InChI=1S/C34H45N5O5/c40-31-23-28(33(42)35-17-11-20-38-18-8-1-2-9-19-38)37-32(41)27-15-6-7-16-30(27)44-24-26-14-10-21-39(26)34(43)29(36-31)22-25-12-4-3-5-13-25/h3-7,12-13,15-16,26,28-29H,1-2,8-11,14,17-24H2,(H,35,42)(H,36,40)(H,37,41)/t26-,28+,29+/m1/s1. The molecule has 0 aromatic heterocycles. The van der Waals surface area contributed by atoms with E-state index < -0.39 is 29.8 Å². The molecule has 3 aliphatic heterocycles. The van der Waals surface area contributed by atoms with Gasteiger partial charge in [0.15, 0.2) is 0 Å². The molecule has 10 heteroatoms. The highest BCUT2D eigenvalue weighted by molar-refractivity contribution is 6.01. The van der Waals surface area contributed by atoms with Gasteiger partial charge in [0.2, 0.25) is 17.7 Å². The van der Waals surface area contributed by atoms with E-state index in [1.165, 1.54) is 25.7 Å². The van der Waals surface area contributed by atoms with Crippen LogP contribution in [0.2, 0.25) is 0 Å². The van der Waals surface area contributed by atoms with Crippen molar-refractivity contribution < 1.29 is 23.9 Å². The lowest BCUT2D eigenvalue weighted by Gasteiger charge is -2.30. The Morgan fingerprint density at radius 1 is 0.886 bits per heavy atom. The third kappa shape index (κ3) is 8.59. The molecule has 2 saturated heterocycles. The molecule has 3 N–H and O–H groups in total. The Balaban J connectivity index is 1.33. The molecule has 2 aromatic carbocycles. The number of fused-ring (bicyclic) bond motifs is 2. The average molecular weight is 604 g/mol. The molecule has 0 saturated carbocycles. The molecule has 236 valence electrons. The Kier molecular flexibility index (Phi) is 11.2. The smallest absolute Gasteiger partial charge is 0.255 e. The molecular formula is C34H45N5O5. The maximum atomic E-state index is 13.9. The Labute approximate surface area is 259 Å². The Morgan fingerprint density at radius 3 is 2.43 bits per heavy atom. The largest absolute Gasteiger partial charge is 0.491 e. The molecule has 44 heavy (non-hydrogen) atoms. The van der Waals surface area contributed by atoms with Gasteiger partial charge in [0.05, 0.1) is 18.0 Å². The number of amides is 4. The summed E-state index contributed by atoms with van der Waals surface area (Å²) in [5.74, 6) is -1.18. The molecule has 0 spiro atoms. The minimum Gasteiger partial charge on any atom is -0.491 e. The van der Waals surface area contributed by atoms with Crippen LogP contribution in [0.1, 0.15) is 67.3 Å². The van der Waals surface area contributed by atoms with Gasteiger partial charge in [-0.2, -0.15) is 0 Å². The second-order valence-electron chi connectivity index (χ2n) is 12.1. The number of nitrogens with zero attached hydrogens (tertiary/aromatic N) is 2. The number of nitrogens with one attached hydrogen (secondary N) is 3. The van der Waals surface area contributed by atoms with Gasteiger partial charge in [-0.25, -0.2) is 0 Å². The van der Waals surface area contributed by atoms with Crippen molar-refractivity contribution in [3.8, 4) is 5.75 Å². The number of likely N-dealkylation sites (tertiary alicyclic amines) is 1. The van der Waals surface area contributed by atoms with Crippen LogP contribution in [0.5, 0.6) is 5.75 Å². The van der Waals surface area contributed by atoms with Crippen LogP contribution in [0.25, 0.3) is 0 Å². The number of benzene rings is 2. The summed E-state index contributed by atoms with van der Waals surface area (Å²) in [5.41, 5.74) is 1.20.